The molecule has 1 aliphatic heterocycles. The van der Waals surface area contributed by atoms with Crippen LogP contribution in [0.15, 0.2) is 51.8 Å². The molecular formula is C21H21N3O6S. The van der Waals surface area contributed by atoms with E-state index in [9.17, 15) is 13.2 Å². The van der Waals surface area contributed by atoms with Gasteiger partial charge < -0.3 is 14.3 Å². The van der Waals surface area contributed by atoms with Crippen molar-refractivity contribution in [2.75, 3.05) is 10.8 Å². The summed E-state index contributed by atoms with van der Waals surface area (Å²) < 4.78 is 39.7. The van der Waals surface area contributed by atoms with Gasteiger partial charge in [0.1, 0.15) is 11.9 Å². The molecule has 0 amide bonds. The summed E-state index contributed by atoms with van der Waals surface area (Å²) in [5, 5.41) is 16.8. The van der Waals surface area contributed by atoms with E-state index in [1.165, 1.54) is 10.4 Å². The number of benzene rings is 2. The second-order valence-corrected chi connectivity index (χ2v) is 9.20. The van der Waals surface area contributed by atoms with Crippen LogP contribution in [0.2, 0.25) is 0 Å². The lowest BCUT2D eigenvalue weighted by molar-refractivity contribution is -0.137. The zero-order valence-electron chi connectivity index (χ0n) is 17.0. The van der Waals surface area contributed by atoms with Crippen LogP contribution in [0.4, 0.5) is 5.69 Å². The van der Waals surface area contributed by atoms with Gasteiger partial charge >= 0.3 is 5.97 Å². The summed E-state index contributed by atoms with van der Waals surface area (Å²) in [6.45, 7) is 3.47. The van der Waals surface area contributed by atoms with Crippen LogP contribution in [-0.2, 0) is 14.8 Å². The van der Waals surface area contributed by atoms with Crippen molar-refractivity contribution in [2.24, 2.45) is 0 Å². The van der Waals surface area contributed by atoms with Crippen LogP contribution in [0.5, 0.6) is 5.75 Å². The second-order valence-electron chi connectivity index (χ2n) is 7.33. The molecule has 0 saturated carbocycles. The number of rotatable bonds is 6. The first-order chi connectivity index (χ1) is 14.7. The highest BCUT2D eigenvalue weighted by molar-refractivity contribution is 7.92. The molecule has 10 heteroatoms. The Kier molecular flexibility index (Phi) is 5.40. The SMILES string of the molecule is Cc1cccc(S(=O)(=O)N2C[C@H](CCC(=O)O)Oc3ccc(-c4nnc(C)o4)cc32)c1. The molecule has 2 heterocycles. The molecule has 31 heavy (non-hydrogen) atoms. The van der Waals surface area contributed by atoms with Crippen LogP contribution in [0.3, 0.4) is 0 Å². The zero-order chi connectivity index (χ0) is 22.2. The topological polar surface area (TPSA) is 123 Å². The maximum atomic E-state index is 13.5. The first-order valence-corrected chi connectivity index (χ1v) is 11.1. The first-order valence-electron chi connectivity index (χ1n) is 9.66. The first kappa shape index (κ1) is 20.9. The van der Waals surface area contributed by atoms with Crippen molar-refractivity contribution in [3.05, 3.63) is 53.9 Å². The van der Waals surface area contributed by atoms with Crippen LogP contribution >= 0.6 is 0 Å². The Morgan fingerprint density at radius 2 is 2.00 bits per heavy atom. The fourth-order valence-corrected chi connectivity index (χ4v) is 5.03. The summed E-state index contributed by atoms with van der Waals surface area (Å²) in [4.78, 5) is 11.2. The van der Waals surface area contributed by atoms with E-state index in [0.717, 1.165) is 5.56 Å². The van der Waals surface area contributed by atoms with E-state index in [1.54, 1.807) is 37.3 Å². The van der Waals surface area contributed by atoms with Gasteiger partial charge in [0.25, 0.3) is 10.0 Å². The molecule has 0 spiro atoms. The Balaban J connectivity index is 1.79. The van der Waals surface area contributed by atoms with Gasteiger partial charge in [-0.05, 0) is 49.2 Å². The summed E-state index contributed by atoms with van der Waals surface area (Å²) in [5.41, 5.74) is 1.70. The van der Waals surface area contributed by atoms with Gasteiger partial charge in [0, 0.05) is 18.9 Å². The van der Waals surface area contributed by atoms with Gasteiger partial charge in [-0.15, -0.1) is 10.2 Å². The van der Waals surface area contributed by atoms with Crippen molar-refractivity contribution in [1.82, 2.24) is 10.2 Å². The van der Waals surface area contributed by atoms with Gasteiger partial charge in [-0.25, -0.2) is 8.42 Å². The molecule has 1 atom stereocenters. The molecule has 2 aromatic carbocycles. The molecule has 1 aliphatic rings. The molecule has 0 unspecified atom stereocenters. The van der Waals surface area contributed by atoms with Crippen LogP contribution in [0, 0.1) is 13.8 Å². The minimum absolute atomic E-state index is 0.0110. The number of hydrogen-bond acceptors (Lipinski definition) is 7. The van der Waals surface area contributed by atoms with Crippen molar-refractivity contribution in [1.29, 1.82) is 0 Å². The molecule has 0 radical (unpaired) electrons. The van der Waals surface area contributed by atoms with E-state index in [4.69, 9.17) is 14.3 Å². The average Bonchev–Trinajstić information content (AvgIpc) is 3.17. The summed E-state index contributed by atoms with van der Waals surface area (Å²) in [5.74, 6) is 0.0330. The lowest BCUT2D eigenvalue weighted by atomic mass is 10.1. The highest BCUT2D eigenvalue weighted by Gasteiger charge is 2.35. The van der Waals surface area contributed by atoms with Gasteiger partial charge in [-0.1, -0.05) is 12.1 Å². The summed E-state index contributed by atoms with van der Waals surface area (Å²) in [7, 11) is -3.92. The predicted molar refractivity (Wildman–Crippen MR) is 111 cm³/mol. The maximum absolute atomic E-state index is 13.5. The van der Waals surface area contributed by atoms with Gasteiger partial charge in [0.2, 0.25) is 11.8 Å². The van der Waals surface area contributed by atoms with E-state index in [0.29, 0.717) is 22.9 Å². The second kappa shape index (κ2) is 8.03. The number of aryl methyl sites for hydroxylation is 2. The third-order valence-electron chi connectivity index (χ3n) is 4.92. The Hall–Kier alpha value is -3.40. The largest absolute Gasteiger partial charge is 0.486 e. The lowest BCUT2D eigenvalue weighted by Crippen LogP contribution is -2.43. The Morgan fingerprint density at radius 3 is 2.68 bits per heavy atom. The molecule has 0 saturated heterocycles. The standard InChI is InChI=1S/C21H21N3O6S/c1-13-4-3-5-17(10-13)31(27,28)24-12-16(7-9-20(25)26)30-19-8-6-15(11-18(19)24)21-23-22-14(2)29-21/h3-6,8,10-11,16H,7,9,12H2,1-2H3,(H,25,26)/t16-/m0/s1. The average molecular weight is 443 g/mol. The summed E-state index contributed by atoms with van der Waals surface area (Å²) >= 11 is 0. The highest BCUT2D eigenvalue weighted by Crippen LogP contribution is 2.40. The molecule has 0 aliphatic carbocycles. The summed E-state index contributed by atoms with van der Waals surface area (Å²) in [6.07, 6.45) is -0.545. The molecule has 0 bridgehead atoms. The normalized spacial score (nSPS) is 15.9. The number of ether oxygens (including phenoxy) is 1. The van der Waals surface area contributed by atoms with Crippen molar-refractivity contribution < 1.29 is 27.5 Å². The van der Waals surface area contributed by atoms with E-state index in [1.807, 2.05) is 13.0 Å². The third-order valence-corrected chi connectivity index (χ3v) is 6.70. The Labute approximate surface area is 179 Å². The van der Waals surface area contributed by atoms with E-state index in [-0.39, 0.29) is 30.2 Å². The number of carbonyl (C=O) groups is 1. The number of aromatic nitrogens is 2. The molecule has 9 nitrogen and oxygen atoms in total. The van der Waals surface area contributed by atoms with E-state index >= 15 is 0 Å². The predicted octanol–water partition coefficient (Wildman–Crippen LogP) is 3.17. The number of anilines is 1. The smallest absolute Gasteiger partial charge is 0.303 e. The molecule has 162 valence electrons. The minimum Gasteiger partial charge on any atom is -0.486 e. The van der Waals surface area contributed by atoms with Crippen LogP contribution in [0.25, 0.3) is 11.5 Å². The van der Waals surface area contributed by atoms with Crippen molar-refractivity contribution in [3.8, 4) is 17.2 Å². The van der Waals surface area contributed by atoms with Crippen LogP contribution in [-0.4, -0.2) is 42.3 Å². The van der Waals surface area contributed by atoms with Crippen LogP contribution in [0.1, 0.15) is 24.3 Å². The van der Waals surface area contributed by atoms with Crippen molar-refractivity contribution in [2.45, 2.75) is 37.7 Å². The minimum atomic E-state index is -3.92. The number of hydrogen-bond donors (Lipinski definition) is 1. The molecular weight excluding hydrogens is 422 g/mol. The monoisotopic (exact) mass is 443 g/mol. The van der Waals surface area contributed by atoms with E-state index < -0.39 is 22.1 Å². The summed E-state index contributed by atoms with van der Waals surface area (Å²) in [6, 6.07) is 11.6. The Bertz CT molecular complexity index is 1240. The fraction of sp³-hybridized carbons (Fsp3) is 0.286. The number of aliphatic carboxylic acids is 1. The molecule has 1 N–H and O–H groups in total. The van der Waals surface area contributed by atoms with E-state index in [2.05, 4.69) is 10.2 Å². The number of carboxylic acid groups (broad SMARTS) is 1. The van der Waals surface area contributed by atoms with Crippen molar-refractivity contribution in [3.63, 3.8) is 0 Å². The molecule has 3 aromatic rings. The lowest BCUT2D eigenvalue weighted by Gasteiger charge is -2.35. The molecule has 1 aromatic heterocycles. The van der Waals surface area contributed by atoms with Gasteiger partial charge in [-0.3, -0.25) is 9.10 Å². The highest BCUT2D eigenvalue weighted by atomic mass is 32.2. The number of carboxylic acids is 1. The number of nitrogens with zero attached hydrogens (tertiary/aromatic N) is 3. The maximum Gasteiger partial charge on any atom is 0.303 e. The van der Waals surface area contributed by atoms with Gasteiger partial charge in [0.05, 0.1) is 17.1 Å². The molecule has 0 fully saturated rings. The van der Waals surface area contributed by atoms with Crippen molar-refractivity contribution >= 4 is 21.7 Å². The number of fused-ring (bicyclic) bond motifs is 1. The van der Waals surface area contributed by atoms with Gasteiger partial charge in [-0.2, -0.15) is 0 Å². The molecule has 4 rings (SSSR count). The van der Waals surface area contributed by atoms with Gasteiger partial charge in [0.15, 0.2) is 0 Å². The Morgan fingerprint density at radius 1 is 1.19 bits per heavy atom. The quantitative estimate of drug-likeness (QED) is 0.616. The van der Waals surface area contributed by atoms with Crippen LogP contribution < -0.4 is 9.04 Å². The number of sulfonamides is 1. The third kappa shape index (κ3) is 4.24. The zero-order valence-corrected chi connectivity index (χ0v) is 17.8. The fourth-order valence-electron chi connectivity index (χ4n) is 3.42.